The fourth-order valence-electron chi connectivity index (χ4n) is 2.95. The SMILES string of the molecule is COc1cc(-c2cc(C)[nH]c(=O)c2C#N)ccc1OCc1ccccc1[N+](=O)[O-]. The number of nitrogens with one attached hydrogen (secondary N) is 1. The average Bonchev–Trinajstić information content (AvgIpc) is 2.71. The molecule has 1 N–H and O–H groups in total. The number of aryl methyl sites for hydroxylation is 1. The van der Waals surface area contributed by atoms with Crippen LogP contribution < -0.4 is 15.0 Å². The molecular weight excluding hydrogens is 374 g/mol. The van der Waals surface area contributed by atoms with Crippen LogP contribution in [0.25, 0.3) is 11.1 Å². The molecule has 0 saturated carbocycles. The Kier molecular flexibility index (Phi) is 5.60. The largest absolute Gasteiger partial charge is 0.493 e. The summed E-state index contributed by atoms with van der Waals surface area (Å²) in [5, 5.41) is 20.5. The predicted octanol–water partition coefficient (Wildman–Crippen LogP) is 3.72. The third-order valence-corrected chi connectivity index (χ3v) is 4.33. The van der Waals surface area contributed by atoms with Crippen molar-refractivity contribution in [2.24, 2.45) is 0 Å². The van der Waals surface area contributed by atoms with E-state index in [9.17, 15) is 20.2 Å². The number of methoxy groups -OCH3 is 1. The fraction of sp³-hybridized carbons (Fsp3) is 0.143. The van der Waals surface area contributed by atoms with E-state index in [4.69, 9.17) is 9.47 Å². The van der Waals surface area contributed by atoms with Crippen molar-refractivity contribution >= 4 is 5.69 Å². The minimum absolute atomic E-state index is 0.00577. The molecule has 2 aromatic carbocycles. The van der Waals surface area contributed by atoms with Crippen LogP contribution in [0.15, 0.2) is 53.3 Å². The second-order valence-corrected chi connectivity index (χ2v) is 6.22. The van der Waals surface area contributed by atoms with Gasteiger partial charge in [-0.15, -0.1) is 0 Å². The quantitative estimate of drug-likeness (QED) is 0.505. The Bertz CT molecular complexity index is 1180. The number of nitriles is 1. The number of nitro groups is 1. The molecule has 29 heavy (non-hydrogen) atoms. The number of H-pyrrole nitrogens is 1. The summed E-state index contributed by atoms with van der Waals surface area (Å²) in [7, 11) is 1.46. The van der Waals surface area contributed by atoms with Gasteiger partial charge in [0, 0.05) is 17.3 Å². The van der Waals surface area contributed by atoms with E-state index in [1.807, 2.05) is 6.07 Å². The molecule has 0 amide bonds. The average molecular weight is 391 g/mol. The molecule has 146 valence electrons. The minimum atomic E-state index is -0.461. The van der Waals surface area contributed by atoms with Crippen LogP contribution in [0, 0.1) is 28.4 Å². The molecule has 0 saturated heterocycles. The van der Waals surface area contributed by atoms with Crippen LogP contribution in [0.5, 0.6) is 11.5 Å². The number of nitro benzene ring substituents is 1. The number of aromatic nitrogens is 1. The Morgan fingerprint density at radius 3 is 2.62 bits per heavy atom. The van der Waals surface area contributed by atoms with Crippen molar-refractivity contribution in [3.8, 4) is 28.7 Å². The summed E-state index contributed by atoms with van der Waals surface area (Å²) in [4.78, 5) is 25.3. The Hall–Kier alpha value is -4.12. The first-order valence-electron chi connectivity index (χ1n) is 8.62. The first-order valence-corrected chi connectivity index (χ1v) is 8.62. The third kappa shape index (κ3) is 4.09. The number of aromatic amines is 1. The molecule has 0 spiro atoms. The lowest BCUT2D eigenvalue weighted by molar-refractivity contribution is -0.385. The highest BCUT2D eigenvalue weighted by molar-refractivity contribution is 5.72. The summed E-state index contributed by atoms with van der Waals surface area (Å²) < 4.78 is 11.1. The van der Waals surface area contributed by atoms with E-state index in [-0.39, 0.29) is 17.9 Å². The predicted molar refractivity (Wildman–Crippen MR) is 106 cm³/mol. The van der Waals surface area contributed by atoms with Gasteiger partial charge < -0.3 is 14.5 Å². The molecular formula is C21H17N3O5. The highest BCUT2D eigenvalue weighted by Gasteiger charge is 2.16. The fourth-order valence-corrected chi connectivity index (χ4v) is 2.95. The van der Waals surface area contributed by atoms with Gasteiger partial charge in [0.05, 0.1) is 17.6 Å². The van der Waals surface area contributed by atoms with Crippen molar-refractivity contribution in [1.82, 2.24) is 4.98 Å². The first kappa shape index (κ1) is 19.6. The number of pyridine rings is 1. The molecule has 0 fully saturated rings. The smallest absolute Gasteiger partial charge is 0.276 e. The Morgan fingerprint density at radius 2 is 1.93 bits per heavy atom. The highest BCUT2D eigenvalue weighted by Crippen LogP contribution is 2.34. The summed E-state index contributed by atoms with van der Waals surface area (Å²) in [6.07, 6.45) is 0. The number of rotatable bonds is 6. The monoisotopic (exact) mass is 391 g/mol. The maximum Gasteiger partial charge on any atom is 0.276 e. The van der Waals surface area contributed by atoms with Gasteiger partial charge in [0.2, 0.25) is 0 Å². The van der Waals surface area contributed by atoms with Gasteiger partial charge in [-0.3, -0.25) is 14.9 Å². The van der Waals surface area contributed by atoms with Crippen LogP contribution in [0.2, 0.25) is 0 Å². The van der Waals surface area contributed by atoms with E-state index in [0.29, 0.717) is 33.9 Å². The van der Waals surface area contributed by atoms with Crippen molar-refractivity contribution in [1.29, 1.82) is 5.26 Å². The summed E-state index contributed by atoms with van der Waals surface area (Å²) in [6, 6.07) is 15.0. The first-order chi connectivity index (χ1) is 13.9. The molecule has 0 aliphatic carbocycles. The maximum atomic E-state index is 12.0. The summed E-state index contributed by atoms with van der Waals surface area (Å²) in [5.41, 5.74) is 1.67. The highest BCUT2D eigenvalue weighted by atomic mass is 16.6. The molecule has 1 aromatic heterocycles. The summed E-state index contributed by atoms with van der Waals surface area (Å²) in [6.45, 7) is 1.72. The van der Waals surface area contributed by atoms with E-state index in [1.165, 1.54) is 13.2 Å². The number of hydrogen-bond donors (Lipinski definition) is 1. The van der Waals surface area contributed by atoms with Crippen molar-refractivity contribution in [2.45, 2.75) is 13.5 Å². The lowest BCUT2D eigenvalue weighted by Gasteiger charge is -2.13. The standard InChI is InChI=1S/C21H17N3O5/c1-13-9-16(17(11-22)21(25)23-13)14-7-8-19(20(10-14)28-2)29-12-15-5-3-4-6-18(15)24(26)27/h3-10H,12H2,1-2H3,(H,23,25). The maximum absolute atomic E-state index is 12.0. The van der Waals surface area contributed by atoms with Gasteiger partial charge in [-0.1, -0.05) is 18.2 Å². The molecule has 0 aliphatic heterocycles. The molecule has 0 unspecified atom stereocenters. The number of para-hydroxylation sites is 1. The van der Waals surface area contributed by atoms with Gasteiger partial charge in [0.25, 0.3) is 11.2 Å². The summed E-state index contributed by atoms with van der Waals surface area (Å²) in [5.74, 6) is 0.761. The Morgan fingerprint density at radius 1 is 1.17 bits per heavy atom. The zero-order valence-electron chi connectivity index (χ0n) is 15.8. The number of ether oxygens (including phenoxy) is 2. The molecule has 1 heterocycles. The van der Waals surface area contributed by atoms with Crippen LogP contribution in [0.4, 0.5) is 5.69 Å². The molecule has 3 aromatic rings. The Balaban J connectivity index is 1.95. The Labute approximate surface area is 166 Å². The molecule has 8 heteroatoms. The van der Waals surface area contributed by atoms with Crippen molar-refractivity contribution in [3.63, 3.8) is 0 Å². The van der Waals surface area contributed by atoms with Gasteiger partial charge in [-0.05, 0) is 36.8 Å². The van der Waals surface area contributed by atoms with E-state index >= 15 is 0 Å². The van der Waals surface area contributed by atoms with Crippen molar-refractivity contribution in [2.75, 3.05) is 7.11 Å². The van der Waals surface area contributed by atoms with Gasteiger partial charge >= 0.3 is 0 Å². The second-order valence-electron chi connectivity index (χ2n) is 6.22. The van der Waals surface area contributed by atoms with E-state index in [0.717, 1.165) is 0 Å². The van der Waals surface area contributed by atoms with Gasteiger partial charge in [0.15, 0.2) is 11.5 Å². The lowest BCUT2D eigenvalue weighted by atomic mass is 10.0. The molecule has 8 nitrogen and oxygen atoms in total. The zero-order chi connectivity index (χ0) is 21.0. The van der Waals surface area contributed by atoms with Crippen LogP contribution in [0.1, 0.15) is 16.8 Å². The topological polar surface area (TPSA) is 118 Å². The normalized spacial score (nSPS) is 10.2. The number of benzene rings is 2. The molecule has 0 aliphatic rings. The van der Waals surface area contributed by atoms with E-state index < -0.39 is 10.5 Å². The second kappa shape index (κ2) is 8.27. The van der Waals surface area contributed by atoms with Crippen molar-refractivity contribution in [3.05, 3.63) is 85.8 Å². The van der Waals surface area contributed by atoms with Crippen LogP contribution >= 0.6 is 0 Å². The lowest BCUT2D eigenvalue weighted by Crippen LogP contribution is -2.12. The van der Waals surface area contributed by atoms with Crippen LogP contribution in [-0.2, 0) is 6.61 Å². The minimum Gasteiger partial charge on any atom is -0.493 e. The van der Waals surface area contributed by atoms with Gasteiger partial charge in [0.1, 0.15) is 18.2 Å². The molecule has 0 atom stereocenters. The van der Waals surface area contributed by atoms with E-state index in [1.54, 1.807) is 49.4 Å². The van der Waals surface area contributed by atoms with Gasteiger partial charge in [-0.2, -0.15) is 5.26 Å². The number of hydrogen-bond acceptors (Lipinski definition) is 6. The van der Waals surface area contributed by atoms with Crippen molar-refractivity contribution < 1.29 is 14.4 Å². The summed E-state index contributed by atoms with van der Waals surface area (Å²) >= 11 is 0. The van der Waals surface area contributed by atoms with Gasteiger partial charge in [-0.25, -0.2) is 0 Å². The van der Waals surface area contributed by atoms with Crippen LogP contribution in [-0.4, -0.2) is 17.0 Å². The third-order valence-electron chi connectivity index (χ3n) is 4.33. The van der Waals surface area contributed by atoms with Crippen LogP contribution in [0.3, 0.4) is 0 Å². The number of nitrogens with zero attached hydrogens (tertiary/aromatic N) is 2. The molecule has 0 bridgehead atoms. The molecule has 0 radical (unpaired) electrons. The van der Waals surface area contributed by atoms with E-state index in [2.05, 4.69) is 4.98 Å². The zero-order valence-corrected chi connectivity index (χ0v) is 15.8. The molecule has 3 rings (SSSR count).